The van der Waals surface area contributed by atoms with Gasteiger partial charge in [0, 0.05) is 12.8 Å². The lowest BCUT2D eigenvalue weighted by Crippen LogP contribution is -1.82. The summed E-state index contributed by atoms with van der Waals surface area (Å²) in [5.74, 6) is 0.352. The van der Waals surface area contributed by atoms with Crippen LogP contribution in [0.2, 0.25) is 0 Å². The molecule has 0 spiro atoms. The maximum Gasteiger partial charge on any atom is 0.137 e. The molecule has 1 aliphatic rings. The molecule has 0 saturated heterocycles. The van der Waals surface area contributed by atoms with E-state index in [1.165, 1.54) is 11.1 Å². The third-order valence-corrected chi connectivity index (χ3v) is 2.42. The van der Waals surface area contributed by atoms with Crippen molar-refractivity contribution in [3.8, 4) is 0 Å². The molecule has 0 bridgehead atoms. The van der Waals surface area contributed by atoms with E-state index in [2.05, 4.69) is 44.7 Å². The molecule has 1 fully saturated rings. The first-order valence-corrected chi connectivity index (χ1v) is 7.29. The minimum absolute atomic E-state index is 0.352. The van der Waals surface area contributed by atoms with E-state index in [9.17, 15) is 4.79 Å². The average Bonchev–Trinajstić information content (AvgIpc) is 2.82. The number of allylic oxidation sites excluding steroid dienone is 1. The van der Waals surface area contributed by atoms with Crippen LogP contribution in [-0.2, 0) is 4.79 Å². The molecular formula is C18H30O. The Morgan fingerprint density at radius 3 is 1.37 bits per heavy atom. The lowest BCUT2D eigenvalue weighted by molar-refractivity contribution is -0.117. The third kappa shape index (κ3) is 11.5. The van der Waals surface area contributed by atoms with Crippen molar-refractivity contribution in [1.82, 2.24) is 0 Å². The van der Waals surface area contributed by atoms with Crippen LogP contribution in [-0.4, -0.2) is 5.78 Å². The zero-order valence-electron chi connectivity index (χ0n) is 13.5. The number of carbonyl (C=O) groups excluding carboxylic acids is 1. The molecule has 0 amide bonds. The van der Waals surface area contributed by atoms with Gasteiger partial charge in [-0.2, -0.15) is 0 Å². The predicted molar refractivity (Wildman–Crippen MR) is 86.6 cm³/mol. The lowest BCUT2D eigenvalue weighted by Gasteiger charge is -1.90. The minimum Gasteiger partial charge on any atom is -0.299 e. The third-order valence-electron chi connectivity index (χ3n) is 2.42. The molecule has 1 aromatic rings. The van der Waals surface area contributed by atoms with E-state index in [0.29, 0.717) is 12.2 Å². The molecule has 0 unspecified atom stereocenters. The minimum atomic E-state index is 0.352. The maximum absolute atomic E-state index is 10.4. The second-order valence-electron chi connectivity index (χ2n) is 4.12. The Morgan fingerprint density at radius 1 is 0.842 bits per heavy atom. The van der Waals surface area contributed by atoms with Crippen molar-refractivity contribution in [3.05, 3.63) is 47.5 Å². The number of ketones is 1. The second kappa shape index (κ2) is 13.1. The molecule has 0 heterocycles. The fraction of sp³-hybridized carbons (Fsp3) is 0.500. The van der Waals surface area contributed by atoms with Crippen molar-refractivity contribution in [3.63, 3.8) is 0 Å². The number of benzene rings is 1. The van der Waals surface area contributed by atoms with Gasteiger partial charge in [-0.15, -0.1) is 0 Å². The van der Waals surface area contributed by atoms with Crippen molar-refractivity contribution in [1.29, 1.82) is 0 Å². The van der Waals surface area contributed by atoms with E-state index in [1.54, 1.807) is 0 Å². The summed E-state index contributed by atoms with van der Waals surface area (Å²) in [7, 11) is 0. The normalized spacial score (nSPS) is 12.3. The van der Waals surface area contributed by atoms with Crippen LogP contribution < -0.4 is 0 Å². The number of carbonyl (C=O) groups is 1. The quantitative estimate of drug-likeness (QED) is 0.552. The SMILES string of the molecule is C=C1CCC(=O)C1.CC.CC.Cc1ccc(C)cc1. The first-order valence-electron chi connectivity index (χ1n) is 7.29. The molecule has 1 aliphatic carbocycles. The molecule has 19 heavy (non-hydrogen) atoms. The highest BCUT2D eigenvalue weighted by molar-refractivity contribution is 5.83. The van der Waals surface area contributed by atoms with Crippen LogP contribution in [0.15, 0.2) is 36.4 Å². The van der Waals surface area contributed by atoms with Gasteiger partial charge in [-0.25, -0.2) is 0 Å². The summed E-state index contributed by atoms with van der Waals surface area (Å²) in [6, 6.07) is 8.48. The molecule has 0 N–H and O–H groups in total. The van der Waals surface area contributed by atoms with Crippen LogP contribution >= 0.6 is 0 Å². The van der Waals surface area contributed by atoms with E-state index in [1.807, 2.05) is 27.7 Å². The van der Waals surface area contributed by atoms with Crippen LogP contribution in [0, 0.1) is 13.8 Å². The molecule has 1 saturated carbocycles. The molecule has 0 atom stereocenters. The number of hydrogen-bond acceptors (Lipinski definition) is 1. The summed E-state index contributed by atoms with van der Waals surface area (Å²) in [5, 5.41) is 0. The molecule has 1 aromatic carbocycles. The maximum atomic E-state index is 10.4. The Morgan fingerprint density at radius 2 is 1.21 bits per heavy atom. The Bertz CT molecular complexity index is 311. The van der Waals surface area contributed by atoms with Crippen molar-refractivity contribution in [2.45, 2.75) is 60.8 Å². The zero-order valence-corrected chi connectivity index (χ0v) is 13.5. The number of Topliss-reactive ketones (excluding diaryl/α,β-unsaturated/α-hetero) is 1. The molecule has 1 heteroatoms. The summed E-state index contributed by atoms with van der Waals surface area (Å²) >= 11 is 0. The summed E-state index contributed by atoms with van der Waals surface area (Å²) < 4.78 is 0. The molecule has 0 radical (unpaired) electrons. The van der Waals surface area contributed by atoms with Gasteiger partial charge in [-0.05, 0) is 20.3 Å². The Hall–Kier alpha value is -1.37. The number of hydrogen-bond donors (Lipinski definition) is 0. The Balaban J connectivity index is 0. The van der Waals surface area contributed by atoms with Crippen molar-refractivity contribution in [2.24, 2.45) is 0 Å². The van der Waals surface area contributed by atoms with Crippen molar-refractivity contribution in [2.75, 3.05) is 0 Å². The van der Waals surface area contributed by atoms with Crippen LogP contribution in [0.25, 0.3) is 0 Å². The summed E-state index contributed by atoms with van der Waals surface area (Å²) in [4.78, 5) is 10.4. The van der Waals surface area contributed by atoms with E-state index >= 15 is 0 Å². The van der Waals surface area contributed by atoms with Crippen molar-refractivity contribution >= 4 is 5.78 Å². The van der Waals surface area contributed by atoms with Gasteiger partial charge in [0.05, 0.1) is 0 Å². The van der Waals surface area contributed by atoms with E-state index in [-0.39, 0.29) is 0 Å². The summed E-state index contributed by atoms with van der Waals surface area (Å²) in [5.41, 5.74) is 3.76. The van der Waals surface area contributed by atoms with Gasteiger partial charge in [-0.3, -0.25) is 4.79 Å². The van der Waals surface area contributed by atoms with Gasteiger partial charge in [0.15, 0.2) is 0 Å². The fourth-order valence-corrected chi connectivity index (χ4v) is 1.41. The molecule has 0 aliphatic heterocycles. The molecule has 0 aromatic heterocycles. The zero-order chi connectivity index (χ0) is 15.3. The molecule has 1 nitrogen and oxygen atoms in total. The second-order valence-corrected chi connectivity index (χ2v) is 4.12. The van der Waals surface area contributed by atoms with E-state index in [0.717, 1.165) is 18.4 Å². The molecular weight excluding hydrogens is 232 g/mol. The summed E-state index contributed by atoms with van der Waals surface area (Å²) in [6.45, 7) is 15.9. The highest BCUT2D eigenvalue weighted by atomic mass is 16.1. The van der Waals surface area contributed by atoms with Crippen LogP contribution in [0.3, 0.4) is 0 Å². The predicted octanol–water partition coefficient (Wildman–Crippen LogP) is 5.65. The van der Waals surface area contributed by atoms with Gasteiger partial charge in [0.1, 0.15) is 5.78 Å². The van der Waals surface area contributed by atoms with Crippen LogP contribution in [0.5, 0.6) is 0 Å². The lowest BCUT2D eigenvalue weighted by atomic mass is 10.2. The van der Waals surface area contributed by atoms with Gasteiger partial charge >= 0.3 is 0 Å². The topological polar surface area (TPSA) is 17.1 Å². The largest absolute Gasteiger partial charge is 0.299 e. The number of rotatable bonds is 0. The smallest absolute Gasteiger partial charge is 0.137 e. The molecule has 108 valence electrons. The van der Waals surface area contributed by atoms with Gasteiger partial charge < -0.3 is 0 Å². The summed E-state index contributed by atoms with van der Waals surface area (Å²) in [6.07, 6.45) is 2.30. The highest BCUT2D eigenvalue weighted by Gasteiger charge is 2.11. The molecule has 2 rings (SSSR count). The van der Waals surface area contributed by atoms with E-state index in [4.69, 9.17) is 0 Å². The van der Waals surface area contributed by atoms with Gasteiger partial charge in [0.2, 0.25) is 0 Å². The van der Waals surface area contributed by atoms with Crippen LogP contribution in [0.1, 0.15) is 58.1 Å². The monoisotopic (exact) mass is 262 g/mol. The van der Waals surface area contributed by atoms with Gasteiger partial charge in [-0.1, -0.05) is 75.2 Å². The fourth-order valence-electron chi connectivity index (χ4n) is 1.41. The van der Waals surface area contributed by atoms with Crippen molar-refractivity contribution < 1.29 is 4.79 Å². The average molecular weight is 262 g/mol. The number of aryl methyl sites for hydroxylation is 2. The first kappa shape index (κ1) is 20.0. The standard InChI is InChI=1S/C8H10.C6H8O.2C2H6/c1-7-3-5-8(2)6-4-7;1-5-2-3-6(7)4-5;2*1-2/h3-6H,1-2H3;1-4H2;2*1-2H3. The van der Waals surface area contributed by atoms with E-state index < -0.39 is 0 Å². The Kier molecular flexibility index (Phi) is 13.7. The van der Waals surface area contributed by atoms with Gasteiger partial charge in [0.25, 0.3) is 0 Å². The van der Waals surface area contributed by atoms with Crippen LogP contribution in [0.4, 0.5) is 0 Å². The first-order chi connectivity index (χ1) is 9.08. The Labute approximate surface area is 119 Å². The highest BCUT2D eigenvalue weighted by Crippen LogP contribution is 2.17.